The van der Waals surface area contributed by atoms with Crippen molar-refractivity contribution in [2.45, 2.75) is 26.6 Å². The van der Waals surface area contributed by atoms with Crippen molar-refractivity contribution >= 4 is 34.6 Å². The average molecular weight is 471 g/mol. The molecule has 10 nitrogen and oxygen atoms in total. The Hall–Kier alpha value is -3.99. The van der Waals surface area contributed by atoms with E-state index in [9.17, 15) is 19.7 Å². The Morgan fingerprint density at radius 3 is 2.70 bits per heavy atom. The summed E-state index contributed by atoms with van der Waals surface area (Å²) >= 11 is 1.52. The summed E-state index contributed by atoms with van der Waals surface area (Å²) in [4.78, 5) is 39.8. The molecule has 0 radical (unpaired) electrons. The highest BCUT2D eigenvalue weighted by molar-refractivity contribution is 7.09. The third-order valence-corrected chi connectivity index (χ3v) is 5.25. The molecule has 1 heterocycles. The fourth-order valence-corrected chi connectivity index (χ4v) is 3.37. The molecule has 0 spiro atoms. The van der Waals surface area contributed by atoms with Gasteiger partial charge in [0.2, 0.25) is 0 Å². The number of benzene rings is 2. The molecule has 3 aromatic rings. The minimum absolute atomic E-state index is 0.0901. The number of non-ortho nitro benzene ring substituents is 1. The molecule has 0 saturated heterocycles. The lowest BCUT2D eigenvalue weighted by Crippen LogP contribution is -2.30. The minimum atomic E-state index is -1.18. The average Bonchev–Trinajstić information content (AvgIpc) is 3.22. The van der Waals surface area contributed by atoms with Gasteiger partial charge in [0.25, 0.3) is 11.6 Å². The Labute approximate surface area is 193 Å². The molecule has 1 atom stereocenters. The van der Waals surface area contributed by atoms with Crippen molar-refractivity contribution in [2.75, 3.05) is 12.4 Å². The first kappa shape index (κ1) is 23.7. The molecule has 0 fully saturated rings. The third-order valence-electron chi connectivity index (χ3n) is 4.43. The first-order valence-corrected chi connectivity index (χ1v) is 10.6. The van der Waals surface area contributed by atoms with Crippen LogP contribution in [0.1, 0.15) is 28.0 Å². The summed E-state index contributed by atoms with van der Waals surface area (Å²) < 4.78 is 16.0. The van der Waals surface area contributed by atoms with Gasteiger partial charge in [-0.05, 0) is 38.1 Å². The number of esters is 1. The summed E-state index contributed by atoms with van der Waals surface area (Å²) in [5.74, 6) is -0.715. The van der Waals surface area contributed by atoms with Crippen LogP contribution in [0.2, 0.25) is 0 Å². The number of carbonyl (C=O) groups is 2. The lowest BCUT2D eigenvalue weighted by Gasteiger charge is -2.15. The number of nitro benzene ring substituents is 1. The Morgan fingerprint density at radius 2 is 2.03 bits per heavy atom. The van der Waals surface area contributed by atoms with Crippen molar-refractivity contribution in [1.29, 1.82) is 0 Å². The van der Waals surface area contributed by atoms with Crippen LogP contribution < -0.4 is 14.8 Å². The number of aromatic nitrogens is 1. The van der Waals surface area contributed by atoms with Gasteiger partial charge in [-0.25, -0.2) is 9.78 Å². The van der Waals surface area contributed by atoms with Crippen molar-refractivity contribution in [3.63, 3.8) is 0 Å². The number of nitro groups is 1. The van der Waals surface area contributed by atoms with Crippen LogP contribution in [-0.2, 0) is 16.1 Å². The zero-order valence-electron chi connectivity index (χ0n) is 18.1. The molecule has 11 heteroatoms. The highest BCUT2D eigenvalue weighted by Gasteiger charge is 2.22. The van der Waals surface area contributed by atoms with E-state index in [1.54, 1.807) is 12.1 Å². The Bertz CT molecular complexity index is 1180. The van der Waals surface area contributed by atoms with E-state index >= 15 is 0 Å². The maximum atomic E-state index is 12.5. The summed E-state index contributed by atoms with van der Waals surface area (Å²) in [7, 11) is 1.37. The molecular formula is C22H21N3O7S. The van der Waals surface area contributed by atoms with Crippen molar-refractivity contribution in [2.24, 2.45) is 0 Å². The van der Waals surface area contributed by atoms with Crippen molar-refractivity contribution in [3.8, 4) is 11.5 Å². The number of amides is 1. The van der Waals surface area contributed by atoms with E-state index in [0.29, 0.717) is 5.75 Å². The van der Waals surface area contributed by atoms with Gasteiger partial charge in [0, 0.05) is 17.5 Å². The SMILES string of the molecule is COc1ccc([N+](=O)[O-])cc1NC(=O)C(C)OC(=O)c1cccc(OCc2csc(C)n2)c1. The van der Waals surface area contributed by atoms with Gasteiger partial charge in [-0.3, -0.25) is 14.9 Å². The molecule has 1 aromatic heterocycles. The van der Waals surface area contributed by atoms with Crippen molar-refractivity contribution in [3.05, 3.63) is 74.2 Å². The van der Waals surface area contributed by atoms with Gasteiger partial charge in [-0.15, -0.1) is 11.3 Å². The van der Waals surface area contributed by atoms with Crippen LogP contribution in [0.15, 0.2) is 47.8 Å². The minimum Gasteiger partial charge on any atom is -0.495 e. The smallest absolute Gasteiger partial charge is 0.339 e. The molecule has 3 rings (SSSR count). The number of anilines is 1. The number of thiazole rings is 1. The van der Waals surface area contributed by atoms with E-state index in [-0.39, 0.29) is 29.3 Å². The zero-order chi connectivity index (χ0) is 24.0. The lowest BCUT2D eigenvalue weighted by atomic mass is 10.2. The molecular weight excluding hydrogens is 450 g/mol. The molecule has 1 unspecified atom stereocenters. The van der Waals surface area contributed by atoms with Gasteiger partial charge in [-0.1, -0.05) is 6.07 Å². The van der Waals surface area contributed by atoms with Crippen LogP contribution in [0, 0.1) is 17.0 Å². The van der Waals surface area contributed by atoms with E-state index in [1.807, 2.05) is 12.3 Å². The second-order valence-electron chi connectivity index (χ2n) is 6.85. The van der Waals surface area contributed by atoms with Crippen LogP contribution in [0.5, 0.6) is 11.5 Å². The Morgan fingerprint density at radius 1 is 1.24 bits per heavy atom. The zero-order valence-corrected chi connectivity index (χ0v) is 18.9. The lowest BCUT2D eigenvalue weighted by molar-refractivity contribution is -0.384. The number of hydrogen-bond donors (Lipinski definition) is 1. The van der Waals surface area contributed by atoms with Crippen LogP contribution in [-0.4, -0.2) is 35.0 Å². The fraction of sp³-hybridized carbons (Fsp3) is 0.227. The number of rotatable bonds is 9. The molecule has 0 aliphatic rings. The second-order valence-corrected chi connectivity index (χ2v) is 7.92. The van der Waals surface area contributed by atoms with Crippen molar-refractivity contribution in [1.82, 2.24) is 4.98 Å². The third kappa shape index (κ3) is 6.26. The van der Waals surface area contributed by atoms with Gasteiger partial charge in [0.1, 0.15) is 18.1 Å². The van der Waals surface area contributed by atoms with E-state index in [0.717, 1.165) is 16.8 Å². The molecule has 33 heavy (non-hydrogen) atoms. The largest absolute Gasteiger partial charge is 0.495 e. The predicted molar refractivity (Wildman–Crippen MR) is 121 cm³/mol. The summed E-state index contributed by atoms with van der Waals surface area (Å²) in [5, 5.41) is 16.3. The molecule has 0 aliphatic heterocycles. The first-order valence-electron chi connectivity index (χ1n) is 9.75. The molecule has 1 amide bonds. The van der Waals surface area contributed by atoms with Crippen LogP contribution in [0.4, 0.5) is 11.4 Å². The van der Waals surface area contributed by atoms with E-state index in [1.165, 1.54) is 49.6 Å². The Balaban J connectivity index is 1.62. The number of aryl methyl sites for hydroxylation is 1. The number of hydrogen-bond acceptors (Lipinski definition) is 9. The van der Waals surface area contributed by atoms with Gasteiger partial charge < -0.3 is 19.5 Å². The van der Waals surface area contributed by atoms with Gasteiger partial charge >= 0.3 is 5.97 Å². The van der Waals surface area contributed by atoms with Crippen molar-refractivity contribution < 1.29 is 28.7 Å². The van der Waals surface area contributed by atoms with Crippen LogP contribution in [0.25, 0.3) is 0 Å². The maximum Gasteiger partial charge on any atom is 0.339 e. The number of nitrogens with one attached hydrogen (secondary N) is 1. The molecule has 2 aromatic carbocycles. The van der Waals surface area contributed by atoms with Gasteiger partial charge in [0.15, 0.2) is 6.10 Å². The fourth-order valence-electron chi connectivity index (χ4n) is 2.77. The normalized spacial score (nSPS) is 11.4. The van der Waals surface area contributed by atoms with Crippen LogP contribution >= 0.6 is 11.3 Å². The number of nitrogens with zero attached hydrogens (tertiary/aromatic N) is 2. The van der Waals surface area contributed by atoms with Gasteiger partial charge in [-0.2, -0.15) is 0 Å². The standard InChI is InChI=1S/C22H21N3O7S/c1-13(21(26)24-19-10-17(25(28)29)7-8-20(19)30-3)32-22(27)15-5-4-6-18(9-15)31-11-16-12-33-14(2)23-16/h4-10,12-13H,11H2,1-3H3,(H,24,26). The molecule has 0 aliphatic carbocycles. The molecule has 0 saturated carbocycles. The van der Waals surface area contributed by atoms with Gasteiger partial charge in [0.05, 0.1) is 34.0 Å². The quantitative estimate of drug-likeness (QED) is 0.280. The van der Waals surface area contributed by atoms with E-state index < -0.39 is 22.9 Å². The summed E-state index contributed by atoms with van der Waals surface area (Å²) in [5.41, 5.74) is 0.856. The van der Waals surface area contributed by atoms with E-state index in [2.05, 4.69) is 10.3 Å². The highest BCUT2D eigenvalue weighted by atomic mass is 32.1. The monoisotopic (exact) mass is 471 g/mol. The number of ether oxygens (including phenoxy) is 3. The number of methoxy groups -OCH3 is 1. The summed E-state index contributed by atoms with van der Waals surface area (Å²) in [6.45, 7) is 3.55. The molecule has 172 valence electrons. The highest BCUT2D eigenvalue weighted by Crippen LogP contribution is 2.29. The molecule has 1 N–H and O–H groups in total. The maximum absolute atomic E-state index is 12.5. The van der Waals surface area contributed by atoms with E-state index in [4.69, 9.17) is 14.2 Å². The summed E-state index contributed by atoms with van der Waals surface area (Å²) in [6.07, 6.45) is -1.18. The first-order chi connectivity index (χ1) is 15.8. The predicted octanol–water partition coefficient (Wildman–Crippen LogP) is 4.13. The number of carbonyl (C=O) groups excluding carboxylic acids is 2. The topological polar surface area (TPSA) is 130 Å². The summed E-state index contributed by atoms with van der Waals surface area (Å²) in [6, 6.07) is 10.2. The second kappa shape index (κ2) is 10.6. The van der Waals surface area contributed by atoms with Crippen LogP contribution in [0.3, 0.4) is 0 Å². The Kier molecular flexibility index (Phi) is 7.57. The molecule has 0 bridgehead atoms.